The summed E-state index contributed by atoms with van der Waals surface area (Å²) in [6.45, 7) is 4.53. The van der Waals surface area contributed by atoms with Crippen molar-refractivity contribution in [3.05, 3.63) is 23.9 Å². The molecule has 1 aliphatic rings. The molecule has 0 saturated heterocycles. The molecular weight excluding hydrogens is 230 g/mol. The first-order valence-electron chi connectivity index (χ1n) is 6.42. The summed E-state index contributed by atoms with van der Waals surface area (Å²) in [7, 11) is 0. The molecule has 4 nitrogen and oxygen atoms in total. The SMILES string of the molecule is CC1CCC(Oc2ccc(C(=O)O)cn2)CC1C. The number of rotatable bonds is 3. The van der Waals surface area contributed by atoms with Crippen molar-refractivity contribution in [2.24, 2.45) is 11.8 Å². The highest BCUT2D eigenvalue weighted by molar-refractivity contribution is 5.87. The maximum Gasteiger partial charge on any atom is 0.337 e. The number of carbonyl (C=O) groups is 1. The van der Waals surface area contributed by atoms with Gasteiger partial charge in [0.15, 0.2) is 0 Å². The normalized spacial score (nSPS) is 27.8. The van der Waals surface area contributed by atoms with Crippen molar-refractivity contribution in [2.45, 2.75) is 39.2 Å². The molecule has 18 heavy (non-hydrogen) atoms. The molecule has 98 valence electrons. The molecule has 1 aliphatic carbocycles. The van der Waals surface area contributed by atoms with Gasteiger partial charge in [-0.2, -0.15) is 0 Å². The summed E-state index contributed by atoms with van der Waals surface area (Å²) in [5.41, 5.74) is 0.188. The van der Waals surface area contributed by atoms with Crippen LogP contribution in [0.15, 0.2) is 18.3 Å². The van der Waals surface area contributed by atoms with Crippen molar-refractivity contribution in [1.82, 2.24) is 4.98 Å². The molecule has 3 atom stereocenters. The van der Waals surface area contributed by atoms with Crippen LogP contribution in [-0.2, 0) is 0 Å². The van der Waals surface area contributed by atoms with Gasteiger partial charge in [0.05, 0.1) is 5.56 Å². The maximum absolute atomic E-state index is 10.7. The van der Waals surface area contributed by atoms with Crippen LogP contribution in [-0.4, -0.2) is 22.2 Å². The number of ether oxygens (including phenoxy) is 1. The zero-order valence-electron chi connectivity index (χ0n) is 10.8. The summed E-state index contributed by atoms with van der Waals surface area (Å²) in [5.74, 6) is 0.982. The first-order valence-corrected chi connectivity index (χ1v) is 6.42. The Hall–Kier alpha value is -1.58. The van der Waals surface area contributed by atoms with Gasteiger partial charge < -0.3 is 9.84 Å². The third-order valence-corrected chi connectivity index (χ3v) is 3.82. The van der Waals surface area contributed by atoms with Crippen LogP contribution in [0.2, 0.25) is 0 Å². The van der Waals surface area contributed by atoms with E-state index in [9.17, 15) is 4.79 Å². The Morgan fingerprint density at radius 1 is 1.33 bits per heavy atom. The van der Waals surface area contributed by atoms with Gasteiger partial charge in [0.2, 0.25) is 5.88 Å². The van der Waals surface area contributed by atoms with Crippen molar-refractivity contribution >= 4 is 5.97 Å². The fourth-order valence-corrected chi connectivity index (χ4v) is 2.35. The monoisotopic (exact) mass is 249 g/mol. The Balaban J connectivity index is 1.95. The summed E-state index contributed by atoms with van der Waals surface area (Å²) in [6.07, 6.45) is 4.82. The summed E-state index contributed by atoms with van der Waals surface area (Å²) in [6, 6.07) is 3.16. The molecule has 0 aliphatic heterocycles. The summed E-state index contributed by atoms with van der Waals surface area (Å²) in [5, 5.41) is 8.78. The van der Waals surface area contributed by atoms with Crippen molar-refractivity contribution < 1.29 is 14.6 Å². The van der Waals surface area contributed by atoms with Gasteiger partial charge in [-0.15, -0.1) is 0 Å². The lowest BCUT2D eigenvalue weighted by Crippen LogP contribution is -2.29. The predicted molar refractivity (Wildman–Crippen MR) is 67.8 cm³/mol. The van der Waals surface area contributed by atoms with Crippen molar-refractivity contribution in [1.29, 1.82) is 0 Å². The predicted octanol–water partition coefficient (Wildman–Crippen LogP) is 2.98. The highest BCUT2D eigenvalue weighted by atomic mass is 16.5. The zero-order valence-corrected chi connectivity index (χ0v) is 10.8. The second-order valence-electron chi connectivity index (χ2n) is 5.20. The van der Waals surface area contributed by atoms with E-state index >= 15 is 0 Å². The Bertz CT molecular complexity index is 416. The van der Waals surface area contributed by atoms with E-state index in [1.54, 1.807) is 6.07 Å². The molecule has 1 N–H and O–H groups in total. The van der Waals surface area contributed by atoms with E-state index in [0.717, 1.165) is 18.8 Å². The average molecular weight is 249 g/mol. The smallest absolute Gasteiger partial charge is 0.337 e. The van der Waals surface area contributed by atoms with Crippen molar-refractivity contribution in [3.63, 3.8) is 0 Å². The standard InChI is InChI=1S/C14H19NO3/c1-9-3-5-12(7-10(9)2)18-13-6-4-11(8-15-13)14(16)17/h4,6,8-10,12H,3,5,7H2,1-2H3,(H,16,17). The Labute approximate surface area is 107 Å². The molecule has 1 aromatic rings. The second kappa shape index (κ2) is 5.38. The first kappa shape index (κ1) is 12.9. The fourth-order valence-electron chi connectivity index (χ4n) is 2.35. The van der Waals surface area contributed by atoms with E-state index < -0.39 is 5.97 Å². The number of carboxylic acids is 1. The second-order valence-corrected chi connectivity index (χ2v) is 5.20. The molecule has 0 spiro atoms. The largest absolute Gasteiger partial charge is 0.478 e. The summed E-state index contributed by atoms with van der Waals surface area (Å²) >= 11 is 0. The minimum Gasteiger partial charge on any atom is -0.478 e. The molecule has 3 unspecified atom stereocenters. The van der Waals surface area contributed by atoms with Crippen molar-refractivity contribution in [2.75, 3.05) is 0 Å². The summed E-state index contributed by atoms with van der Waals surface area (Å²) in [4.78, 5) is 14.7. The maximum atomic E-state index is 10.7. The van der Waals surface area contributed by atoms with Crippen LogP contribution < -0.4 is 4.74 Å². The number of pyridine rings is 1. The van der Waals surface area contributed by atoms with Gasteiger partial charge in [0, 0.05) is 12.3 Å². The van der Waals surface area contributed by atoms with Gasteiger partial charge in [0.25, 0.3) is 0 Å². The minimum atomic E-state index is -0.964. The van der Waals surface area contributed by atoms with E-state index in [0.29, 0.717) is 11.8 Å². The molecule has 0 bridgehead atoms. The highest BCUT2D eigenvalue weighted by Gasteiger charge is 2.25. The Morgan fingerprint density at radius 3 is 2.67 bits per heavy atom. The van der Waals surface area contributed by atoms with Crippen LogP contribution in [0.3, 0.4) is 0 Å². The quantitative estimate of drug-likeness (QED) is 0.894. The van der Waals surface area contributed by atoms with Gasteiger partial charge in [-0.3, -0.25) is 0 Å². The molecule has 1 heterocycles. The van der Waals surface area contributed by atoms with E-state index in [4.69, 9.17) is 9.84 Å². The van der Waals surface area contributed by atoms with Gasteiger partial charge in [-0.25, -0.2) is 9.78 Å². The van der Waals surface area contributed by atoms with Crippen LogP contribution in [0.4, 0.5) is 0 Å². The lowest BCUT2D eigenvalue weighted by atomic mass is 9.80. The van der Waals surface area contributed by atoms with Crippen LogP contribution in [0.1, 0.15) is 43.5 Å². The third kappa shape index (κ3) is 3.00. The number of nitrogens with zero attached hydrogens (tertiary/aromatic N) is 1. The molecule has 0 amide bonds. The molecular formula is C14H19NO3. The first-order chi connectivity index (χ1) is 8.56. The van der Waals surface area contributed by atoms with E-state index in [1.807, 2.05) is 0 Å². The average Bonchev–Trinajstić information content (AvgIpc) is 2.34. The van der Waals surface area contributed by atoms with Crippen molar-refractivity contribution in [3.8, 4) is 5.88 Å². The fraction of sp³-hybridized carbons (Fsp3) is 0.571. The van der Waals surface area contributed by atoms with Gasteiger partial charge in [0.1, 0.15) is 6.10 Å². The molecule has 1 fully saturated rings. The number of aromatic carboxylic acids is 1. The molecule has 2 rings (SSSR count). The number of carboxylic acid groups (broad SMARTS) is 1. The van der Waals surface area contributed by atoms with E-state index in [2.05, 4.69) is 18.8 Å². The minimum absolute atomic E-state index is 0.188. The van der Waals surface area contributed by atoms with E-state index in [-0.39, 0.29) is 11.7 Å². The number of hydrogen-bond donors (Lipinski definition) is 1. The molecule has 0 radical (unpaired) electrons. The highest BCUT2D eigenvalue weighted by Crippen LogP contribution is 2.31. The van der Waals surface area contributed by atoms with Gasteiger partial charge in [-0.05, 0) is 37.2 Å². The molecule has 4 heteroatoms. The molecule has 1 saturated carbocycles. The molecule has 0 aromatic carbocycles. The van der Waals surface area contributed by atoms with Gasteiger partial charge >= 0.3 is 5.97 Å². The van der Waals surface area contributed by atoms with Gasteiger partial charge in [-0.1, -0.05) is 13.8 Å². The third-order valence-electron chi connectivity index (χ3n) is 3.82. The van der Waals surface area contributed by atoms with E-state index in [1.165, 1.54) is 18.7 Å². The van der Waals surface area contributed by atoms with Crippen LogP contribution in [0, 0.1) is 11.8 Å². The topological polar surface area (TPSA) is 59.4 Å². The Morgan fingerprint density at radius 2 is 2.11 bits per heavy atom. The lowest BCUT2D eigenvalue weighted by Gasteiger charge is -2.31. The lowest BCUT2D eigenvalue weighted by molar-refractivity contribution is 0.0696. The van der Waals surface area contributed by atoms with Crippen LogP contribution in [0.25, 0.3) is 0 Å². The summed E-state index contributed by atoms with van der Waals surface area (Å²) < 4.78 is 5.80. The number of aromatic nitrogens is 1. The van der Waals surface area contributed by atoms with Crippen LogP contribution >= 0.6 is 0 Å². The Kier molecular flexibility index (Phi) is 3.84. The number of hydrogen-bond acceptors (Lipinski definition) is 3. The molecule has 1 aromatic heterocycles. The van der Waals surface area contributed by atoms with Crippen LogP contribution in [0.5, 0.6) is 5.88 Å². The zero-order chi connectivity index (χ0) is 13.1.